The highest BCUT2D eigenvalue weighted by molar-refractivity contribution is 7.98. The molecule has 2 aromatic heterocycles. The van der Waals surface area contributed by atoms with Crippen LogP contribution in [-0.4, -0.2) is 21.6 Å². The van der Waals surface area contributed by atoms with Crippen molar-refractivity contribution in [3.05, 3.63) is 89.0 Å². The van der Waals surface area contributed by atoms with E-state index in [-0.39, 0.29) is 5.56 Å². The zero-order valence-corrected chi connectivity index (χ0v) is 15.5. The maximum atomic E-state index is 13.2. The highest BCUT2D eigenvalue weighted by Crippen LogP contribution is 2.25. The molecule has 0 aliphatic carbocycles. The predicted octanol–water partition coefficient (Wildman–Crippen LogP) is 4.08. The summed E-state index contributed by atoms with van der Waals surface area (Å²) in [6, 6.07) is 18.8. The Kier molecular flexibility index (Phi) is 4.89. The van der Waals surface area contributed by atoms with Gasteiger partial charge in [-0.05, 0) is 35.9 Å². The van der Waals surface area contributed by atoms with Crippen molar-refractivity contribution < 1.29 is 4.74 Å². The van der Waals surface area contributed by atoms with Crippen LogP contribution in [0.1, 0.15) is 5.56 Å². The first-order valence-electron chi connectivity index (χ1n) is 8.44. The number of pyridine rings is 1. The van der Waals surface area contributed by atoms with E-state index in [9.17, 15) is 4.79 Å². The molecule has 2 heterocycles. The van der Waals surface area contributed by atoms with E-state index in [4.69, 9.17) is 9.72 Å². The van der Waals surface area contributed by atoms with Gasteiger partial charge in [-0.2, -0.15) is 0 Å². The van der Waals surface area contributed by atoms with E-state index in [0.29, 0.717) is 27.6 Å². The topological polar surface area (TPSA) is 57.0 Å². The van der Waals surface area contributed by atoms with Crippen LogP contribution in [0.3, 0.4) is 0 Å². The summed E-state index contributed by atoms with van der Waals surface area (Å²) in [5, 5.41) is 1.22. The zero-order chi connectivity index (χ0) is 18.6. The molecule has 2 aromatic carbocycles. The molecule has 0 saturated heterocycles. The average Bonchev–Trinajstić information content (AvgIpc) is 2.73. The Bertz CT molecular complexity index is 1140. The van der Waals surface area contributed by atoms with Crippen molar-refractivity contribution in [2.45, 2.75) is 10.9 Å². The van der Waals surface area contributed by atoms with Gasteiger partial charge in [0.2, 0.25) is 0 Å². The quantitative estimate of drug-likeness (QED) is 0.389. The predicted molar refractivity (Wildman–Crippen MR) is 108 cm³/mol. The standard InChI is InChI=1S/C21H17N3O2S/c1-26-17-8-4-7-16(12-17)24-20(25)18-9-2-3-10-19(18)23-21(24)27-14-15-6-5-11-22-13-15/h2-13H,14H2,1H3. The number of fused-ring (bicyclic) bond motifs is 1. The number of aromatic nitrogens is 3. The lowest BCUT2D eigenvalue weighted by atomic mass is 10.2. The van der Waals surface area contributed by atoms with E-state index in [0.717, 1.165) is 11.3 Å². The number of methoxy groups -OCH3 is 1. The summed E-state index contributed by atoms with van der Waals surface area (Å²) in [7, 11) is 1.61. The van der Waals surface area contributed by atoms with E-state index in [1.54, 1.807) is 23.9 Å². The van der Waals surface area contributed by atoms with Gasteiger partial charge in [-0.25, -0.2) is 4.98 Å². The molecule has 6 heteroatoms. The van der Waals surface area contributed by atoms with Crippen molar-refractivity contribution in [1.82, 2.24) is 14.5 Å². The summed E-state index contributed by atoms with van der Waals surface area (Å²) >= 11 is 1.51. The minimum Gasteiger partial charge on any atom is -0.497 e. The van der Waals surface area contributed by atoms with Crippen molar-refractivity contribution >= 4 is 22.7 Å². The van der Waals surface area contributed by atoms with Crippen LogP contribution in [0.4, 0.5) is 0 Å². The summed E-state index contributed by atoms with van der Waals surface area (Å²) < 4.78 is 6.97. The molecule has 0 saturated carbocycles. The fourth-order valence-electron chi connectivity index (χ4n) is 2.82. The third-order valence-electron chi connectivity index (χ3n) is 4.15. The number of hydrogen-bond donors (Lipinski definition) is 0. The van der Waals surface area contributed by atoms with Crippen molar-refractivity contribution in [2.24, 2.45) is 0 Å². The first kappa shape index (κ1) is 17.3. The van der Waals surface area contributed by atoms with Gasteiger partial charge in [0.1, 0.15) is 5.75 Å². The molecule has 0 unspecified atom stereocenters. The largest absolute Gasteiger partial charge is 0.497 e. The lowest BCUT2D eigenvalue weighted by Gasteiger charge is -2.14. The van der Waals surface area contributed by atoms with Crippen molar-refractivity contribution in [3.8, 4) is 11.4 Å². The second-order valence-corrected chi connectivity index (χ2v) is 6.85. The third-order valence-corrected chi connectivity index (χ3v) is 5.16. The number of hydrogen-bond acceptors (Lipinski definition) is 5. The molecule has 5 nitrogen and oxygen atoms in total. The van der Waals surface area contributed by atoms with E-state index in [2.05, 4.69) is 4.98 Å². The summed E-state index contributed by atoms with van der Waals surface area (Å²) in [4.78, 5) is 22.1. The van der Waals surface area contributed by atoms with Crippen molar-refractivity contribution in [1.29, 1.82) is 0 Å². The molecule has 0 atom stereocenters. The maximum absolute atomic E-state index is 13.2. The molecule has 0 N–H and O–H groups in total. The number of nitrogens with zero attached hydrogens (tertiary/aromatic N) is 3. The van der Waals surface area contributed by atoms with E-state index < -0.39 is 0 Å². The monoisotopic (exact) mass is 375 g/mol. The maximum Gasteiger partial charge on any atom is 0.266 e. The molecular formula is C21H17N3O2S. The van der Waals surface area contributed by atoms with Crippen molar-refractivity contribution in [2.75, 3.05) is 7.11 Å². The Morgan fingerprint density at radius 1 is 1.07 bits per heavy atom. The van der Waals surface area contributed by atoms with Crippen LogP contribution in [0.15, 0.2) is 83.0 Å². The molecule has 0 amide bonds. The average molecular weight is 375 g/mol. The van der Waals surface area contributed by atoms with E-state index in [1.165, 1.54) is 11.8 Å². The normalized spacial score (nSPS) is 10.9. The number of rotatable bonds is 5. The van der Waals surface area contributed by atoms with Crippen LogP contribution in [0, 0.1) is 0 Å². The number of thioether (sulfide) groups is 1. The van der Waals surface area contributed by atoms with Crippen LogP contribution in [-0.2, 0) is 5.75 Å². The van der Waals surface area contributed by atoms with Gasteiger partial charge >= 0.3 is 0 Å². The molecule has 4 aromatic rings. The lowest BCUT2D eigenvalue weighted by Crippen LogP contribution is -2.21. The van der Waals surface area contributed by atoms with Crippen molar-refractivity contribution in [3.63, 3.8) is 0 Å². The molecule has 134 valence electrons. The van der Waals surface area contributed by atoms with E-state index >= 15 is 0 Å². The smallest absolute Gasteiger partial charge is 0.266 e. The Hall–Kier alpha value is -3.12. The van der Waals surface area contributed by atoms with E-state index in [1.807, 2.05) is 60.8 Å². The molecule has 0 aliphatic rings. The number of ether oxygens (including phenoxy) is 1. The second kappa shape index (κ2) is 7.63. The van der Waals surface area contributed by atoms with Gasteiger partial charge in [-0.15, -0.1) is 0 Å². The van der Waals surface area contributed by atoms with Gasteiger partial charge in [-0.1, -0.05) is 36.0 Å². The zero-order valence-electron chi connectivity index (χ0n) is 14.7. The minimum atomic E-state index is -0.0949. The molecule has 0 fully saturated rings. The van der Waals surface area contributed by atoms with Crippen LogP contribution in [0.25, 0.3) is 16.6 Å². The molecule has 4 rings (SSSR count). The van der Waals surface area contributed by atoms with Gasteiger partial charge in [-0.3, -0.25) is 14.3 Å². The first-order valence-corrected chi connectivity index (χ1v) is 9.43. The SMILES string of the molecule is COc1cccc(-n2c(SCc3cccnc3)nc3ccccc3c2=O)c1. The van der Waals surface area contributed by atoms with Gasteiger partial charge in [0, 0.05) is 24.2 Å². The molecule has 0 spiro atoms. The summed E-state index contributed by atoms with van der Waals surface area (Å²) in [6.45, 7) is 0. The van der Waals surface area contributed by atoms with Crippen LogP contribution >= 0.6 is 11.8 Å². The molecule has 0 aliphatic heterocycles. The highest BCUT2D eigenvalue weighted by atomic mass is 32.2. The second-order valence-electron chi connectivity index (χ2n) is 5.90. The minimum absolute atomic E-state index is 0.0949. The lowest BCUT2D eigenvalue weighted by molar-refractivity contribution is 0.414. The Labute approximate surface area is 160 Å². The van der Waals surface area contributed by atoms with Gasteiger partial charge < -0.3 is 4.74 Å². The summed E-state index contributed by atoms with van der Waals surface area (Å²) in [6.07, 6.45) is 3.57. The first-order chi connectivity index (χ1) is 13.3. The van der Waals surface area contributed by atoms with Crippen LogP contribution in [0.5, 0.6) is 5.75 Å². The number of benzene rings is 2. The highest BCUT2D eigenvalue weighted by Gasteiger charge is 2.14. The van der Waals surface area contributed by atoms with Crippen LogP contribution < -0.4 is 10.3 Å². The Morgan fingerprint density at radius 3 is 2.78 bits per heavy atom. The molecule has 0 radical (unpaired) electrons. The Balaban J connectivity index is 1.86. The van der Waals surface area contributed by atoms with Gasteiger partial charge in [0.05, 0.1) is 23.7 Å². The number of para-hydroxylation sites is 1. The molecule has 0 bridgehead atoms. The Morgan fingerprint density at radius 2 is 1.96 bits per heavy atom. The third kappa shape index (κ3) is 3.57. The fourth-order valence-corrected chi connectivity index (χ4v) is 3.76. The fraction of sp³-hybridized carbons (Fsp3) is 0.0952. The van der Waals surface area contributed by atoms with Gasteiger partial charge in [0.25, 0.3) is 5.56 Å². The van der Waals surface area contributed by atoms with Crippen LogP contribution in [0.2, 0.25) is 0 Å². The molecule has 27 heavy (non-hydrogen) atoms. The molecular weight excluding hydrogens is 358 g/mol. The summed E-state index contributed by atoms with van der Waals surface area (Å²) in [5.74, 6) is 1.36. The van der Waals surface area contributed by atoms with Gasteiger partial charge in [0.15, 0.2) is 5.16 Å². The summed E-state index contributed by atoms with van der Waals surface area (Å²) in [5.41, 5.74) is 2.39.